The van der Waals surface area contributed by atoms with E-state index in [1.807, 2.05) is 12.3 Å². The first-order chi connectivity index (χ1) is 28.2. The van der Waals surface area contributed by atoms with Gasteiger partial charge in [-0.05, 0) is 113 Å². The first-order valence-electron chi connectivity index (χ1n) is 20.6. The highest BCUT2D eigenvalue weighted by Crippen LogP contribution is 2.46. The number of fused-ring (bicyclic) bond motifs is 4. The van der Waals surface area contributed by atoms with Gasteiger partial charge >= 0.3 is 0 Å². The number of para-hydroxylation sites is 3. The van der Waals surface area contributed by atoms with Crippen molar-refractivity contribution >= 4 is 50.2 Å². The molecule has 0 saturated carbocycles. The Kier molecular flexibility index (Phi) is 9.27. The van der Waals surface area contributed by atoms with Crippen molar-refractivity contribution in [3.05, 3.63) is 162 Å². The second-order valence-electron chi connectivity index (χ2n) is 18.2. The van der Waals surface area contributed by atoms with E-state index in [-0.39, 0.29) is 10.8 Å². The summed E-state index contributed by atoms with van der Waals surface area (Å²) in [5.41, 5.74) is 14.2. The molecule has 0 fully saturated rings. The van der Waals surface area contributed by atoms with Gasteiger partial charge in [-0.2, -0.15) is 0 Å². The van der Waals surface area contributed by atoms with Gasteiger partial charge in [-0.15, -0.1) is 0 Å². The molecule has 0 radical (unpaired) electrons. The van der Waals surface area contributed by atoms with E-state index in [1.165, 1.54) is 39.1 Å². The molecule has 8 aromatic rings. The summed E-state index contributed by atoms with van der Waals surface area (Å²) in [6.07, 6.45) is 2.01. The van der Waals surface area contributed by atoms with Crippen LogP contribution < -0.4 is 19.4 Å². The molecule has 6 nitrogen and oxygen atoms in total. The number of ether oxygens (including phenoxy) is 1. The van der Waals surface area contributed by atoms with E-state index in [9.17, 15) is 0 Å². The molecule has 0 aliphatic carbocycles. The van der Waals surface area contributed by atoms with Gasteiger partial charge in [-0.1, -0.05) is 96.1 Å². The van der Waals surface area contributed by atoms with Gasteiger partial charge in [0.2, 0.25) is 0 Å². The summed E-state index contributed by atoms with van der Waals surface area (Å²) in [5.74, 6) is 2.42. The van der Waals surface area contributed by atoms with Crippen LogP contribution in [-0.2, 0) is 10.8 Å². The van der Waals surface area contributed by atoms with Crippen LogP contribution in [0.15, 0.2) is 146 Å². The van der Waals surface area contributed by atoms with Crippen LogP contribution in [0, 0.1) is 6.92 Å². The SMILES string of the molecule is Cc1cc(-n2c3ccccc3c3ccc(Oc4cccc(N5CN(c6cc(C(C)(C)C)cc(C(C)(C)C)c6)c6ccccc65)c4)cc32)ncc1-c1cccc(N(C)C)c1. The maximum Gasteiger partial charge on any atom is 0.137 e. The monoisotopic (exact) mass is 775 g/mol. The lowest BCUT2D eigenvalue weighted by Crippen LogP contribution is -2.25. The molecule has 3 heterocycles. The lowest BCUT2D eigenvalue weighted by Gasteiger charge is -2.29. The minimum atomic E-state index is 0.0249. The molecule has 0 unspecified atom stereocenters. The molecular weight excluding hydrogens is 723 g/mol. The van der Waals surface area contributed by atoms with Gasteiger partial charge in [-0.3, -0.25) is 4.57 Å². The van der Waals surface area contributed by atoms with Crippen LogP contribution in [0.1, 0.15) is 58.2 Å². The Hall–Kier alpha value is -6.53. The molecule has 296 valence electrons. The van der Waals surface area contributed by atoms with Crippen molar-refractivity contribution in [2.45, 2.75) is 59.3 Å². The van der Waals surface area contributed by atoms with E-state index >= 15 is 0 Å². The summed E-state index contributed by atoms with van der Waals surface area (Å²) >= 11 is 0. The maximum absolute atomic E-state index is 6.73. The summed E-state index contributed by atoms with van der Waals surface area (Å²) in [4.78, 5) is 12.0. The van der Waals surface area contributed by atoms with Crippen LogP contribution in [0.25, 0.3) is 38.8 Å². The summed E-state index contributed by atoms with van der Waals surface area (Å²) in [6, 6.07) is 50.1. The van der Waals surface area contributed by atoms with Crippen LogP contribution in [0.2, 0.25) is 0 Å². The highest BCUT2D eigenvalue weighted by Gasteiger charge is 2.30. The number of hydrogen-bond acceptors (Lipinski definition) is 5. The van der Waals surface area contributed by atoms with Crippen molar-refractivity contribution in [1.82, 2.24) is 9.55 Å². The predicted octanol–water partition coefficient (Wildman–Crippen LogP) is 13.9. The van der Waals surface area contributed by atoms with Crippen molar-refractivity contribution in [2.24, 2.45) is 0 Å². The van der Waals surface area contributed by atoms with Crippen molar-refractivity contribution in [3.8, 4) is 28.4 Å². The molecule has 0 N–H and O–H groups in total. The van der Waals surface area contributed by atoms with Crippen LogP contribution in [0.5, 0.6) is 11.5 Å². The average molecular weight is 776 g/mol. The zero-order valence-electron chi connectivity index (χ0n) is 35.7. The summed E-state index contributed by atoms with van der Waals surface area (Å²) in [5, 5.41) is 2.33. The number of pyridine rings is 1. The largest absolute Gasteiger partial charge is 0.457 e. The van der Waals surface area contributed by atoms with E-state index in [1.54, 1.807) is 0 Å². The third-order valence-electron chi connectivity index (χ3n) is 11.7. The van der Waals surface area contributed by atoms with Crippen molar-refractivity contribution in [3.63, 3.8) is 0 Å². The molecule has 9 rings (SSSR count). The standard InChI is InChI=1S/C53H53N5O/c1-35-26-51(54-33-46(35)36-16-14-17-39(27-36)55(8)9)58-47-21-11-10-20-44(47)45-25-24-43(32-50(45)58)59-42-19-15-18-40(31-42)56-34-57(49-23-13-12-22-48(49)56)41-29-37(52(2,3)4)28-38(30-41)53(5,6)7/h10-33H,34H2,1-9H3. The first-order valence-corrected chi connectivity index (χ1v) is 20.6. The normalized spacial score (nSPS) is 13.0. The Morgan fingerprint density at radius 1 is 0.576 bits per heavy atom. The zero-order chi connectivity index (χ0) is 41.2. The fourth-order valence-electron chi connectivity index (χ4n) is 8.32. The predicted molar refractivity (Wildman–Crippen MR) is 249 cm³/mol. The Morgan fingerprint density at radius 2 is 1.22 bits per heavy atom. The molecular formula is C53H53N5O. The van der Waals surface area contributed by atoms with Crippen molar-refractivity contribution < 1.29 is 4.74 Å². The van der Waals surface area contributed by atoms with E-state index in [2.05, 4.69) is 215 Å². The van der Waals surface area contributed by atoms with Crippen molar-refractivity contribution in [1.29, 1.82) is 0 Å². The smallest absolute Gasteiger partial charge is 0.137 e. The number of benzene rings is 6. The molecule has 0 atom stereocenters. The van der Waals surface area contributed by atoms with E-state index in [0.717, 1.165) is 56.2 Å². The van der Waals surface area contributed by atoms with Gasteiger partial charge in [0, 0.05) is 65.8 Å². The highest BCUT2D eigenvalue weighted by atomic mass is 16.5. The van der Waals surface area contributed by atoms with Gasteiger partial charge in [0.1, 0.15) is 24.0 Å². The van der Waals surface area contributed by atoms with Gasteiger partial charge in [-0.25, -0.2) is 4.98 Å². The Balaban J connectivity index is 1.06. The zero-order valence-corrected chi connectivity index (χ0v) is 35.7. The molecule has 0 saturated heterocycles. The highest BCUT2D eigenvalue weighted by molar-refractivity contribution is 6.09. The Bertz CT molecular complexity index is 2840. The van der Waals surface area contributed by atoms with Crippen LogP contribution in [-0.4, -0.2) is 30.3 Å². The topological polar surface area (TPSA) is 36.8 Å². The molecule has 0 amide bonds. The first kappa shape index (κ1) is 38.0. The molecule has 0 spiro atoms. The number of anilines is 5. The van der Waals surface area contributed by atoms with Crippen LogP contribution in [0.3, 0.4) is 0 Å². The summed E-state index contributed by atoms with van der Waals surface area (Å²) < 4.78 is 8.99. The Labute approximate surface area is 348 Å². The third kappa shape index (κ3) is 7.07. The van der Waals surface area contributed by atoms with Gasteiger partial charge in [0.05, 0.1) is 22.4 Å². The second kappa shape index (κ2) is 14.4. The van der Waals surface area contributed by atoms with Gasteiger partial charge in [0.25, 0.3) is 0 Å². The number of rotatable bonds is 7. The third-order valence-corrected chi connectivity index (χ3v) is 11.7. The van der Waals surface area contributed by atoms with Gasteiger partial charge < -0.3 is 19.4 Å². The fraction of sp³-hybridized carbons (Fsp3) is 0.226. The number of nitrogens with zero attached hydrogens (tertiary/aromatic N) is 5. The molecule has 6 heteroatoms. The maximum atomic E-state index is 6.73. The quantitative estimate of drug-likeness (QED) is 0.161. The lowest BCUT2D eigenvalue weighted by atomic mass is 9.80. The van der Waals surface area contributed by atoms with Crippen LogP contribution >= 0.6 is 0 Å². The summed E-state index contributed by atoms with van der Waals surface area (Å²) in [6.45, 7) is 16.7. The molecule has 1 aliphatic heterocycles. The number of aryl methyl sites for hydroxylation is 1. The molecule has 1 aliphatic rings. The molecule has 6 aromatic carbocycles. The fourth-order valence-corrected chi connectivity index (χ4v) is 8.32. The minimum Gasteiger partial charge on any atom is -0.457 e. The summed E-state index contributed by atoms with van der Waals surface area (Å²) in [7, 11) is 4.14. The Morgan fingerprint density at radius 3 is 1.92 bits per heavy atom. The number of hydrogen-bond donors (Lipinski definition) is 0. The average Bonchev–Trinajstić information content (AvgIpc) is 3.76. The van der Waals surface area contributed by atoms with E-state index in [4.69, 9.17) is 9.72 Å². The van der Waals surface area contributed by atoms with E-state index < -0.39 is 0 Å². The van der Waals surface area contributed by atoms with E-state index in [0.29, 0.717) is 6.67 Å². The number of aromatic nitrogens is 2. The molecule has 2 aromatic heterocycles. The minimum absolute atomic E-state index is 0.0249. The molecule has 59 heavy (non-hydrogen) atoms. The van der Waals surface area contributed by atoms with Crippen molar-refractivity contribution in [2.75, 3.05) is 35.5 Å². The molecule has 0 bridgehead atoms. The second-order valence-corrected chi connectivity index (χ2v) is 18.2. The van der Waals surface area contributed by atoms with Crippen LogP contribution in [0.4, 0.5) is 28.4 Å². The lowest BCUT2D eigenvalue weighted by molar-refractivity contribution is 0.483. The van der Waals surface area contributed by atoms with Gasteiger partial charge in [0.15, 0.2) is 0 Å².